The van der Waals surface area contributed by atoms with E-state index in [-0.39, 0.29) is 22.9 Å². The number of nitrogen functional groups attached to an aromatic ring is 1. The van der Waals surface area contributed by atoms with Crippen molar-refractivity contribution >= 4 is 23.3 Å². The van der Waals surface area contributed by atoms with Crippen LogP contribution in [0.15, 0.2) is 53.1 Å². The first-order valence-corrected chi connectivity index (χ1v) is 7.76. The number of methoxy groups -OCH3 is 1. The molecule has 0 spiro atoms. The van der Waals surface area contributed by atoms with Crippen LogP contribution < -0.4 is 10.5 Å². The third-order valence-electron chi connectivity index (χ3n) is 3.46. The van der Waals surface area contributed by atoms with E-state index in [0.29, 0.717) is 17.3 Å². The predicted molar refractivity (Wildman–Crippen MR) is 93.5 cm³/mol. The van der Waals surface area contributed by atoms with Crippen molar-refractivity contribution in [3.8, 4) is 17.2 Å². The maximum Gasteiger partial charge on any atom is 0.342 e. The Bertz CT molecular complexity index is 893. The highest BCUT2D eigenvalue weighted by Gasteiger charge is 2.17. The van der Waals surface area contributed by atoms with Crippen LogP contribution in [0.5, 0.6) is 5.75 Å². The lowest BCUT2D eigenvalue weighted by Gasteiger charge is -2.10. The molecule has 0 saturated heterocycles. The molecule has 0 bridgehead atoms. The number of hydrogen-bond acceptors (Lipinski definition) is 6. The molecule has 6 nitrogen and oxygen atoms in total. The summed E-state index contributed by atoms with van der Waals surface area (Å²) in [4.78, 5) is 16.6. The maximum atomic E-state index is 12.3. The summed E-state index contributed by atoms with van der Waals surface area (Å²) in [5, 5.41) is 0.251. The van der Waals surface area contributed by atoms with E-state index in [1.54, 1.807) is 0 Å². The smallest absolute Gasteiger partial charge is 0.342 e. The fourth-order valence-electron chi connectivity index (χ4n) is 2.20. The van der Waals surface area contributed by atoms with Crippen LogP contribution in [-0.4, -0.2) is 18.1 Å². The van der Waals surface area contributed by atoms with Gasteiger partial charge in [0.05, 0.1) is 17.8 Å². The molecular weight excluding hydrogens is 344 g/mol. The average molecular weight is 359 g/mol. The van der Waals surface area contributed by atoms with E-state index >= 15 is 0 Å². The van der Waals surface area contributed by atoms with Gasteiger partial charge in [0.15, 0.2) is 0 Å². The predicted octanol–water partition coefficient (Wildman–Crippen LogP) is 3.94. The Morgan fingerprint density at radius 2 is 2.04 bits per heavy atom. The van der Waals surface area contributed by atoms with Gasteiger partial charge in [-0.1, -0.05) is 29.8 Å². The van der Waals surface area contributed by atoms with Gasteiger partial charge in [0.2, 0.25) is 5.89 Å². The Morgan fingerprint density at radius 1 is 1.28 bits per heavy atom. The van der Waals surface area contributed by atoms with E-state index in [0.717, 1.165) is 5.56 Å². The van der Waals surface area contributed by atoms with Gasteiger partial charge in [0.1, 0.15) is 29.9 Å². The highest BCUT2D eigenvalue weighted by molar-refractivity contribution is 6.33. The zero-order chi connectivity index (χ0) is 17.8. The Hall–Kier alpha value is -2.99. The van der Waals surface area contributed by atoms with Crippen molar-refractivity contribution in [2.45, 2.75) is 6.61 Å². The topological polar surface area (TPSA) is 87.6 Å². The summed E-state index contributed by atoms with van der Waals surface area (Å²) in [6.45, 7) is -0.0414. The van der Waals surface area contributed by atoms with Crippen molar-refractivity contribution in [2.24, 2.45) is 0 Å². The van der Waals surface area contributed by atoms with Crippen molar-refractivity contribution in [3.63, 3.8) is 0 Å². The third-order valence-corrected chi connectivity index (χ3v) is 3.79. The van der Waals surface area contributed by atoms with Crippen LogP contribution in [-0.2, 0) is 11.3 Å². The van der Waals surface area contributed by atoms with Crippen molar-refractivity contribution < 1.29 is 18.7 Å². The minimum Gasteiger partial charge on any atom is -0.496 e. The SMILES string of the molecule is COc1cc(N)c(Cl)cc1C(=O)OCc1coc(-c2ccccc2)n1. The van der Waals surface area contributed by atoms with Crippen LogP contribution in [0.4, 0.5) is 5.69 Å². The number of benzene rings is 2. The van der Waals surface area contributed by atoms with Crippen LogP contribution in [0.2, 0.25) is 5.02 Å². The Kier molecular flexibility index (Phi) is 4.90. The molecule has 7 heteroatoms. The summed E-state index contributed by atoms with van der Waals surface area (Å²) in [5.41, 5.74) is 7.54. The lowest BCUT2D eigenvalue weighted by atomic mass is 10.2. The first-order valence-electron chi connectivity index (χ1n) is 7.38. The van der Waals surface area contributed by atoms with Crippen LogP contribution in [0, 0.1) is 0 Å². The van der Waals surface area contributed by atoms with Gasteiger partial charge in [0.25, 0.3) is 0 Å². The molecule has 0 unspecified atom stereocenters. The summed E-state index contributed by atoms with van der Waals surface area (Å²) < 4.78 is 15.8. The summed E-state index contributed by atoms with van der Waals surface area (Å²) in [6, 6.07) is 12.3. The molecule has 0 radical (unpaired) electrons. The number of rotatable bonds is 5. The van der Waals surface area contributed by atoms with Crippen LogP contribution in [0.25, 0.3) is 11.5 Å². The summed E-state index contributed by atoms with van der Waals surface area (Å²) in [5.74, 6) is 0.153. The van der Waals surface area contributed by atoms with E-state index in [9.17, 15) is 4.79 Å². The van der Waals surface area contributed by atoms with Gasteiger partial charge in [-0.2, -0.15) is 0 Å². The molecule has 1 aromatic heterocycles. The first-order chi connectivity index (χ1) is 12.1. The maximum absolute atomic E-state index is 12.3. The van der Waals surface area contributed by atoms with Gasteiger partial charge < -0.3 is 19.6 Å². The zero-order valence-corrected chi connectivity index (χ0v) is 14.1. The fraction of sp³-hybridized carbons (Fsp3) is 0.111. The van der Waals surface area contributed by atoms with Crippen molar-refractivity contribution in [2.75, 3.05) is 12.8 Å². The lowest BCUT2D eigenvalue weighted by molar-refractivity contribution is 0.0464. The first kappa shape index (κ1) is 16.9. The molecule has 0 aliphatic carbocycles. The molecule has 0 amide bonds. The fourth-order valence-corrected chi connectivity index (χ4v) is 2.37. The van der Waals surface area contributed by atoms with E-state index in [4.69, 9.17) is 31.2 Å². The molecule has 0 fully saturated rings. The Morgan fingerprint density at radius 3 is 2.76 bits per heavy atom. The van der Waals surface area contributed by atoms with Gasteiger partial charge in [-0.25, -0.2) is 9.78 Å². The molecular formula is C18H15ClN2O4. The summed E-state index contributed by atoms with van der Waals surface area (Å²) in [7, 11) is 1.43. The number of anilines is 1. The number of nitrogens with two attached hydrogens (primary N) is 1. The molecule has 3 rings (SSSR count). The Balaban J connectivity index is 1.71. The number of ether oxygens (including phenoxy) is 2. The molecule has 2 N–H and O–H groups in total. The molecule has 0 aliphatic rings. The highest BCUT2D eigenvalue weighted by atomic mass is 35.5. The molecule has 25 heavy (non-hydrogen) atoms. The van der Waals surface area contributed by atoms with Gasteiger partial charge in [0, 0.05) is 11.6 Å². The average Bonchev–Trinajstić information content (AvgIpc) is 3.11. The monoisotopic (exact) mass is 358 g/mol. The Labute approximate surface area is 149 Å². The standard InChI is InChI=1S/C18H15ClN2O4/c1-23-16-8-15(20)14(19)7-13(16)18(22)25-10-12-9-24-17(21-12)11-5-3-2-4-6-11/h2-9H,10,20H2,1H3. The second-order valence-corrected chi connectivity index (χ2v) is 5.57. The lowest BCUT2D eigenvalue weighted by Crippen LogP contribution is -2.08. The van der Waals surface area contributed by atoms with Crippen LogP contribution >= 0.6 is 11.6 Å². The third kappa shape index (κ3) is 3.75. The van der Waals surface area contributed by atoms with Gasteiger partial charge in [-0.3, -0.25) is 0 Å². The van der Waals surface area contributed by atoms with Crippen LogP contribution in [0.3, 0.4) is 0 Å². The quantitative estimate of drug-likeness (QED) is 0.549. The molecule has 1 heterocycles. The largest absolute Gasteiger partial charge is 0.496 e. The van der Waals surface area contributed by atoms with Gasteiger partial charge in [-0.15, -0.1) is 0 Å². The number of aromatic nitrogens is 1. The minimum atomic E-state index is -0.594. The summed E-state index contributed by atoms with van der Waals surface area (Å²) in [6.07, 6.45) is 1.45. The van der Waals surface area contributed by atoms with E-state index in [2.05, 4.69) is 4.98 Å². The number of carbonyl (C=O) groups is 1. The van der Waals surface area contributed by atoms with Crippen molar-refractivity contribution in [1.29, 1.82) is 0 Å². The van der Waals surface area contributed by atoms with E-state index < -0.39 is 5.97 Å². The zero-order valence-electron chi connectivity index (χ0n) is 13.4. The molecule has 2 aromatic carbocycles. The second-order valence-electron chi connectivity index (χ2n) is 5.16. The molecule has 128 valence electrons. The normalized spacial score (nSPS) is 10.5. The minimum absolute atomic E-state index is 0.0414. The van der Waals surface area contributed by atoms with Crippen LogP contribution in [0.1, 0.15) is 16.1 Å². The second kappa shape index (κ2) is 7.27. The molecule has 3 aromatic rings. The van der Waals surface area contributed by atoms with Gasteiger partial charge in [-0.05, 0) is 18.2 Å². The summed E-state index contributed by atoms with van der Waals surface area (Å²) >= 11 is 5.96. The number of hydrogen-bond donors (Lipinski definition) is 1. The van der Waals surface area contributed by atoms with Gasteiger partial charge >= 0.3 is 5.97 Å². The molecule has 0 saturated carbocycles. The number of halogens is 1. The highest BCUT2D eigenvalue weighted by Crippen LogP contribution is 2.29. The number of nitrogens with zero attached hydrogens (tertiary/aromatic N) is 1. The molecule has 0 aliphatic heterocycles. The van der Waals surface area contributed by atoms with Crippen molar-refractivity contribution in [3.05, 3.63) is 65.0 Å². The number of carbonyl (C=O) groups excluding carboxylic acids is 1. The van der Waals surface area contributed by atoms with Crippen molar-refractivity contribution in [1.82, 2.24) is 4.98 Å². The van der Waals surface area contributed by atoms with E-state index in [1.165, 1.54) is 25.5 Å². The number of oxazole rings is 1. The van der Waals surface area contributed by atoms with E-state index in [1.807, 2.05) is 30.3 Å². The molecule has 0 atom stereocenters. The number of esters is 1.